The lowest BCUT2D eigenvalue weighted by Crippen LogP contribution is -2.12. The standard InChI is InChI=1S/C12H20O/c1-10(2)5-9(10)6-12(8-13)7-11(12,3)4/h8-9H,5-7H2,1-4H3. The average molecular weight is 180 g/mol. The van der Waals surface area contributed by atoms with E-state index in [1.54, 1.807) is 0 Å². The van der Waals surface area contributed by atoms with Gasteiger partial charge < -0.3 is 4.79 Å². The van der Waals surface area contributed by atoms with Crippen LogP contribution in [0.3, 0.4) is 0 Å². The highest BCUT2D eigenvalue weighted by Gasteiger charge is 2.64. The molecule has 1 heteroatoms. The molecule has 0 saturated heterocycles. The lowest BCUT2D eigenvalue weighted by atomic mass is 9.89. The minimum Gasteiger partial charge on any atom is -0.303 e. The van der Waals surface area contributed by atoms with Crippen molar-refractivity contribution in [1.82, 2.24) is 0 Å². The Morgan fingerprint density at radius 2 is 1.77 bits per heavy atom. The molecule has 0 N–H and O–H groups in total. The zero-order valence-electron chi connectivity index (χ0n) is 9.18. The van der Waals surface area contributed by atoms with Gasteiger partial charge in [0.25, 0.3) is 0 Å². The van der Waals surface area contributed by atoms with Crippen LogP contribution in [-0.4, -0.2) is 6.29 Å². The Hall–Kier alpha value is -0.330. The van der Waals surface area contributed by atoms with Crippen molar-refractivity contribution < 1.29 is 4.79 Å². The molecule has 2 fully saturated rings. The largest absolute Gasteiger partial charge is 0.303 e. The first-order valence-electron chi connectivity index (χ1n) is 5.29. The minimum absolute atomic E-state index is 0.0471. The number of carbonyl (C=O) groups is 1. The van der Waals surface area contributed by atoms with E-state index in [4.69, 9.17) is 0 Å². The summed E-state index contributed by atoms with van der Waals surface area (Å²) in [6.07, 6.45) is 4.78. The first kappa shape index (κ1) is 9.23. The molecule has 0 heterocycles. The van der Waals surface area contributed by atoms with E-state index in [1.165, 1.54) is 12.7 Å². The molecular formula is C12H20O. The van der Waals surface area contributed by atoms with Gasteiger partial charge in [-0.25, -0.2) is 0 Å². The molecule has 0 amide bonds. The van der Waals surface area contributed by atoms with Crippen LogP contribution in [0.2, 0.25) is 0 Å². The fraction of sp³-hybridized carbons (Fsp3) is 0.917. The van der Waals surface area contributed by atoms with E-state index >= 15 is 0 Å². The van der Waals surface area contributed by atoms with Crippen LogP contribution >= 0.6 is 0 Å². The molecule has 0 spiro atoms. The maximum Gasteiger partial charge on any atom is 0.126 e. The summed E-state index contributed by atoms with van der Waals surface area (Å²) in [6.45, 7) is 9.06. The van der Waals surface area contributed by atoms with Gasteiger partial charge in [-0.05, 0) is 36.0 Å². The predicted molar refractivity (Wildman–Crippen MR) is 53.4 cm³/mol. The minimum atomic E-state index is 0.0471. The topological polar surface area (TPSA) is 17.1 Å². The van der Waals surface area contributed by atoms with Crippen LogP contribution in [0.4, 0.5) is 0 Å². The summed E-state index contributed by atoms with van der Waals surface area (Å²) in [5.41, 5.74) is 0.855. The number of hydrogen-bond acceptors (Lipinski definition) is 1. The van der Waals surface area contributed by atoms with Crippen molar-refractivity contribution in [3.8, 4) is 0 Å². The van der Waals surface area contributed by atoms with Crippen molar-refractivity contribution in [3.63, 3.8) is 0 Å². The highest BCUT2D eigenvalue weighted by molar-refractivity contribution is 5.66. The summed E-state index contributed by atoms with van der Waals surface area (Å²) < 4.78 is 0. The van der Waals surface area contributed by atoms with Crippen molar-refractivity contribution in [2.24, 2.45) is 22.2 Å². The molecule has 2 rings (SSSR count). The third-order valence-electron chi connectivity index (χ3n) is 4.53. The van der Waals surface area contributed by atoms with E-state index in [0.29, 0.717) is 5.41 Å². The van der Waals surface area contributed by atoms with E-state index in [-0.39, 0.29) is 10.8 Å². The number of rotatable bonds is 3. The van der Waals surface area contributed by atoms with Gasteiger partial charge in [0, 0.05) is 5.41 Å². The Bertz CT molecular complexity index is 252. The summed E-state index contributed by atoms with van der Waals surface area (Å²) >= 11 is 0. The highest BCUT2D eigenvalue weighted by Crippen LogP contribution is 2.69. The van der Waals surface area contributed by atoms with Crippen LogP contribution in [0, 0.1) is 22.2 Å². The fourth-order valence-corrected chi connectivity index (χ4v) is 2.71. The second-order valence-corrected chi connectivity index (χ2v) is 6.43. The van der Waals surface area contributed by atoms with Crippen LogP contribution in [0.15, 0.2) is 0 Å². The van der Waals surface area contributed by atoms with Crippen LogP contribution in [0.25, 0.3) is 0 Å². The monoisotopic (exact) mass is 180 g/mol. The predicted octanol–water partition coefficient (Wildman–Crippen LogP) is 3.04. The third kappa shape index (κ3) is 1.24. The van der Waals surface area contributed by atoms with Crippen molar-refractivity contribution in [3.05, 3.63) is 0 Å². The lowest BCUT2D eigenvalue weighted by Gasteiger charge is -2.14. The zero-order chi connectivity index (χ0) is 9.91. The van der Waals surface area contributed by atoms with Crippen LogP contribution < -0.4 is 0 Å². The van der Waals surface area contributed by atoms with E-state index in [2.05, 4.69) is 27.7 Å². The molecule has 2 atom stereocenters. The molecule has 0 aromatic rings. The lowest BCUT2D eigenvalue weighted by molar-refractivity contribution is -0.113. The van der Waals surface area contributed by atoms with E-state index < -0.39 is 0 Å². The fourth-order valence-electron chi connectivity index (χ4n) is 2.71. The van der Waals surface area contributed by atoms with Gasteiger partial charge in [0.2, 0.25) is 0 Å². The van der Waals surface area contributed by atoms with Crippen molar-refractivity contribution in [1.29, 1.82) is 0 Å². The van der Waals surface area contributed by atoms with Gasteiger partial charge in [0.1, 0.15) is 6.29 Å². The van der Waals surface area contributed by atoms with Crippen LogP contribution in [0.5, 0.6) is 0 Å². The molecule has 2 aliphatic carbocycles. The van der Waals surface area contributed by atoms with Crippen LogP contribution in [-0.2, 0) is 4.79 Å². The molecule has 74 valence electrons. The SMILES string of the molecule is CC1(C)CC1CC1(C=O)CC1(C)C. The normalized spacial score (nSPS) is 44.2. The Morgan fingerprint density at radius 3 is 2.00 bits per heavy atom. The van der Waals surface area contributed by atoms with Crippen LogP contribution in [0.1, 0.15) is 47.0 Å². The molecule has 2 saturated carbocycles. The van der Waals surface area contributed by atoms with Gasteiger partial charge in [-0.15, -0.1) is 0 Å². The number of hydrogen-bond donors (Lipinski definition) is 0. The first-order chi connectivity index (χ1) is 5.83. The van der Waals surface area contributed by atoms with E-state index in [9.17, 15) is 4.79 Å². The summed E-state index contributed by atoms with van der Waals surface area (Å²) in [7, 11) is 0. The summed E-state index contributed by atoms with van der Waals surface area (Å²) in [4.78, 5) is 11.1. The summed E-state index contributed by atoms with van der Waals surface area (Å²) in [5, 5.41) is 0. The van der Waals surface area contributed by atoms with Crippen molar-refractivity contribution >= 4 is 6.29 Å². The van der Waals surface area contributed by atoms with Crippen molar-refractivity contribution in [2.75, 3.05) is 0 Å². The zero-order valence-corrected chi connectivity index (χ0v) is 9.18. The van der Waals surface area contributed by atoms with Gasteiger partial charge in [0.15, 0.2) is 0 Å². The second kappa shape index (κ2) is 2.18. The molecule has 0 bridgehead atoms. The number of carbonyl (C=O) groups excluding carboxylic acids is 1. The smallest absolute Gasteiger partial charge is 0.126 e. The van der Waals surface area contributed by atoms with Gasteiger partial charge in [-0.3, -0.25) is 0 Å². The quantitative estimate of drug-likeness (QED) is 0.610. The molecular weight excluding hydrogens is 160 g/mol. The molecule has 2 unspecified atom stereocenters. The second-order valence-electron chi connectivity index (χ2n) is 6.43. The number of aldehydes is 1. The molecule has 0 aliphatic heterocycles. The van der Waals surface area contributed by atoms with Gasteiger partial charge in [-0.2, -0.15) is 0 Å². The van der Waals surface area contributed by atoms with E-state index in [1.807, 2.05) is 0 Å². The molecule has 13 heavy (non-hydrogen) atoms. The highest BCUT2D eigenvalue weighted by atomic mass is 16.1. The van der Waals surface area contributed by atoms with Crippen molar-refractivity contribution in [2.45, 2.75) is 47.0 Å². The maximum absolute atomic E-state index is 11.1. The van der Waals surface area contributed by atoms with Gasteiger partial charge in [0.05, 0.1) is 0 Å². The Kier molecular flexibility index (Phi) is 1.55. The molecule has 0 radical (unpaired) electrons. The summed E-state index contributed by atoms with van der Waals surface area (Å²) in [5.74, 6) is 0.805. The third-order valence-corrected chi connectivity index (χ3v) is 4.53. The Labute approximate surface area is 80.9 Å². The van der Waals surface area contributed by atoms with E-state index in [0.717, 1.165) is 18.8 Å². The van der Waals surface area contributed by atoms with Gasteiger partial charge >= 0.3 is 0 Å². The maximum atomic E-state index is 11.1. The Morgan fingerprint density at radius 1 is 1.31 bits per heavy atom. The summed E-state index contributed by atoms with van der Waals surface area (Å²) in [6, 6.07) is 0. The molecule has 0 aromatic carbocycles. The molecule has 0 aromatic heterocycles. The average Bonchev–Trinajstić information content (AvgIpc) is 2.73. The molecule has 1 nitrogen and oxygen atoms in total. The molecule has 2 aliphatic rings. The van der Waals surface area contributed by atoms with Gasteiger partial charge in [-0.1, -0.05) is 27.7 Å². The first-order valence-corrected chi connectivity index (χ1v) is 5.29. The Balaban J connectivity index is 1.99.